The number of aromatic nitrogens is 1. The maximum absolute atomic E-state index is 12.6. The average Bonchev–Trinajstić information content (AvgIpc) is 3.38. The summed E-state index contributed by atoms with van der Waals surface area (Å²) in [5.74, 6) is 0.606. The molecular weight excluding hydrogens is 340 g/mol. The van der Waals surface area contributed by atoms with Crippen LogP contribution in [0.5, 0.6) is 0 Å². The minimum Gasteiger partial charge on any atom is -0.381 e. The third-order valence-corrected chi connectivity index (χ3v) is 7.92. The van der Waals surface area contributed by atoms with Gasteiger partial charge in [0, 0.05) is 50.9 Å². The van der Waals surface area contributed by atoms with Crippen molar-refractivity contribution in [3.05, 3.63) is 24.0 Å². The smallest absolute Gasteiger partial charge is 0.217 e. The van der Waals surface area contributed by atoms with Crippen LogP contribution in [0.4, 0.5) is 0 Å². The van der Waals surface area contributed by atoms with E-state index < -0.39 is 10.0 Å². The third-order valence-electron chi connectivity index (χ3n) is 5.61. The molecule has 0 N–H and O–H groups in total. The van der Waals surface area contributed by atoms with E-state index in [1.54, 1.807) is 4.31 Å². The van der Waals surface area contributed by atoms with Crippen LogP contribution in [0.2, 0.25) is 0 Å². The number of rotatable bonds is 7. The molecule has 1 aromatic heterocycles. The molecule has 3 heterocycles. The first kappa shape index (κ1) is 17.5. The Hall–Kier alpha value is -0.890. The zero-order chi connectivity index (χ0) is 17.3. The van der Waals surface area contributed by atoms with E-state index in [9.17, 15) is 8.42 Å². The summed E-state index contributed by atoms with van der Waals surface area (Å²) in [4.78, 5) is 0. The lowest BCUT2D eigenvalue weighted by atomic mass is 10.0. The molecule has 0 amide bonds. The Morgan fingerprint density at radius 2 is 2.00 bits per heavy atom. The summed E-state index contributed by atoms with van der Waals surface area (Å²) in [5, 5.41) is -0.139. The summed E-state index contributed by atoms with van der Waals surface area (Å²) in [6, 6.07) is 4.21. The van der Waals surface area contributed by atoms with Crippen LogP contribution in [-0.2, 0) is 26.0 Å². The quantitative estimate of drug-likeness (QED) is 0.692. The van der Waals surface area contributed by atoms with E-state index >= 15 is 0 Å². The van der Waals surface area contributed by atoms with Crippen LogP contribution in [0.25, 0.3) is 0 Å². The molecule has 1 atom stereocenters. The molecule has 1 aromatic rings. The van der Waals surface area contributed by atoms with Crippen molar-refractivity contribution in [3.8, 4) is 0 Å². The summed E-state index contributed by atoms with van der Waals surface area (Å²) >= 11 is 0. The summed E-state index contributed by atoms with van der Waals surface area (Å²) in [6.45, 7) is 4.23. The minimum atomic E-state index is -3.12. The highest BCUT2D eigenvalue weighted by atomic mass is 32.2. The lowest BCUT2D eigenvalue weighted by molar-refractivity contribution is 0.0171. The number of ether oxygens (including phenoxy) is 2. The van der Waals surface area contributed by atoms with Crippen molar-refractivity contribution in [1.29, 1.82) is 0 Å². The molecule has 1 saturated heterocycles. The minimum absolute atomic E-state index is 0.139. The van der Waals surface area contributed by atoms with E-state index in [2.05, 4.69) is 10.8 Å². The number of hydrogen-bond donors (Lipinski definition) is 0. The largest absolute Gasteiger partial charge is 0.381 e. The molecule has 25 heavy (non-hydrogen) atoms. The second kappa shape index (κ2) is 7.39. The number of hydrogen-bond acceptors (Lipinski definition) is 4. The first-order valence-electron chi connectivity index (χ1n) is 9.45. The zero-order valence-electron chi connectivity index (χ0n) is 14.7. The van der Waals surface area contributed by atoms with Gasteiger partial charge in [0.15, 0.2) is 0 Å². The Balaban J connectivity index is 1.33. The lowest BCUT2D eigenvalue weighted by Gasteiger charge is -2.34. The SMILES string of the molecule is O=S(=O)(C1CC1)N1Cc2cccn2[C@@H](CCOCC2CCOCC2)C1. The number of nitrogens with zero attached hydrogens (tertiary/aromatic N) is 2. The van der Waals surface area contributed by atoms with Crippen LogP contribution in [0, 0.1) is 5.92 Å². The standard InChI is InChI=1S/C18H28N2O4S/c21-25(22,18-3-4-18)19-12-16-2-1-8-20(16)17(13-19)7-11-24-14-15-5-9-23-10-6-15/h1-2,8,15,17-18H,3-7,9-14H2/t17-/m0/s1. The summed E-state index contributed by atoms with van der Waals surface area (Å²) in [7, 11) is -3.12. The maximum atomic E-state index is 12.6. The molecule has 0 bridgehead atoms. The van der Waals surface area contributed by atoms with Crippen molar-refractivity contribution in [3.63, 3.8) is 0 Å². The van der Waals surface area contributed by atoms with Crippen LogP contribution < -0.4 is 0 Å². The van der Waals surface area contributed by atoms with Crippen LogP contribution in [-0.4, -0.2) is 55.5 Å². The molecular formula is C18H28N2O4S. The Kier molecular flexibility index (Phi) is 5.18. The number of fused-ring (bicyclic) bond motifs is 1. The van der Waals surface area contributed by atoms with Crippen LogP contribution in [0.3, 0.4) is 0 Å². The Morgan fingerprint density at radius 3 is 2.76 bits per heavy atom. The van der Waals surface area contributed by atoms with Gasteiger partial charge in [0.25, 0.3) is 0 Å². The Bertz CT molecular complexity index is 677. The molecule has 0 unspecified atom stereocenters. The van der Waals surface area contributed by atoms with Gasteiger partial charge in [-0.1, -0.05) is 0 Å². The molecule has 7 heteroatoms. The van der Waals surface area contributed by atoms with Crippen molar-refractivity contribution < 1.29 is 17.9 Å². The van der Waals surface area contributed by atoms with Gasteiger partial charge in [0.05, 0.1) is 11.8 Å². The van der Waals surface area contributed by atoms with Gasteiger partial charge in [-0.15, -0.1) is 0 Å². The highest BCUT2D eigenvalue weighted by molar-refractivity contribution is 7.90. The maximum Gasteiger partial charge on any atom is 0.217 e. The van der Waals surface area contributed by atoms with Gasteiger partial charge in [-0.05, 0) is 50.2 Å². The van der Waals surface area contributed by atoms with E-state index in [1.165, 1.54) is 0 Å². The van der Waals surface area contributed by atoms with Crippen molar-refractivity contribution >= 4 is 10.0 Å². The first-order chi connectivity index (χ1) is 12.1. The van der Waals surface area contributed by atoms with Gasteiger partial charge in [-0.2, -0.15) is 4.31 Å². The fraction of sp³-hybridized carbons (Fsp3) is 0.778. The van der Waals surface area contributed by atoms with Gasteiger partial charge < -0.3 is 14.0 Å². The Labute approximate surface area is 150 Å². The molecule has 6 nitrogen and oxygen atoms in total. The normalized spacial score (nSPS) is 25.8. The predicted octanol–water partition coefficient (Wildman–Crippen LogP) is 2.17. The first-order valence-corrected chi connectivity index (χ1v) is 10.9. The summed E-state index contributed by atoms with van der Waals surface area (Å²) in [6.07, 6.45) is 6.72. The van der Waals surface area contributed by atoms with E-state index in [4.69, 9.17) is 9.47 Å². The average molecular weight is 368 g/mol. The van der Waals surface area contributed by atoms with Crippen molar-refractivity contribution in [2.45, 2.75) is 49.9 Å². The second-order valence-corrected chi connectivity index (χ2v) is 9.73. The highest BCUT2D eigenvalue weighted by Gasteiger charge is 2.42. The molecule has 3 aliphatic rings. The van der Waals surface area contributed by atoms with Gasteiger partial charge in [-0.3, -0.25) is 0 Å². The zero-order valence-corrected chi connectivity index (χ0v) is 15.5. The molecule has 2 aliphatic heterocycles. The Morgan fingerprint density at radius 1 is 1.20 bits per heavy atom. The van der Waals surface area contributed by atoms with Crippen molar-refractivity contribution in [1.82, 2.24) is 8.87 Å². The molecule has 0 aromatic carbocycles. The predicted molar refractivity (Wildman–Crippen MR) is 94.8 cm³/mol. The van der Waals surface area contributed by atoms with Gasteiger partial charge >= 0.3 is 0 Å². The second-order valence-electron chi connectivity index (χ2n) is 7.52. The van der Waals surface area contributed by atoms with E-state index in [0.29, 0.717) is 25.6 Å². The molecule has 1 aliphatic carbocycles. The van der Waals surface area contributed by atoms with Crippen LogP contribution in [0.1, 0.15) is 43.8 Å². The molecule has 2 fully saturated rings. The van der Waals surface area contributed by atoms with Gasteiger partial charge in [-0.25, -0.2) is 8.42 Å². The molecule has 4 rings (SSSR count). The molecule has 0 spiro atoms. The van der Waals surface area contributed by atoms with Crippen LogP contribution in [0.15, 0.2) is 18.3 Å². The monoisotopic (exact) mass is 368 g/mol. The van der Waals surface area contributed by atoms with E-state index in [-0.39, 0.29) is 11.3 Å². The molecule has 140 valence electrons. The number of sulfonamides is 1. The highest BCUT2D eigenvalue weighted by Crippen LogP contribution is 2.35. The van der Waals surface area contributed by atoms with Crippen molar-refractivity contribution in [2.24, 2.45) is 5.92 Å². The molecule has 0 radical (unpaired) electrons. The lowest BCUT2D eigenvalue weighted by Crippen LogP contribution is -2.42. The van der Waals surface area contributed by atoms with Crippen molar-refractivity contribution in [2.75, 3.05) is 33.0 Å². The topological polar surface area (TPSA) is 60.8 Å². The molecule has 1 saturated carbocycles. The fourth-order valence-corrected chi connectivity index (χ4v) is 5.72. The fourth-order valence-electron chi connectivity index (χ4n) is 3.87. The van der Waals surface area contributed by atoms with Crippen LogP contribution >= 0.6 is 0 Å². The van der Waals surface area contributed by atoms with Gasteiger partial charge in [0.1, 0.15) is 0 Å². The van der Waals surface area contributed by atoms with E-state index in [1.807, 2.05) is 12.1 Å². The van der Waals surface area contributed by atoms with Gasteiger partial charge in [0.2, 0.25) is 10.0 Å². The summed E-state index contributed by atoms with van der Waals surface area (Å²) in [5.41, 5.74) is 1.09. The van der Waals surface area contributed by atoms with E-state index in [0.717, 1.165) is 57.6 Å². The summed E-state index contributed by atoms with van der Waals surface area (Å²) < 4.78 is 40.5. The third kappa shape index (κ3) is 3.94.